The number of hydrogen-bond acceptors (Lipinski definition) is 5. The monoisotopic (exact) mass is 268 g/mol. The average Bonchev–Trinajstić information content (AvgIpc) is 2.72. The van der Waals surface area contributed by atoms with Crippen LogP contribution in [0.5, 0.6) is 0 Å². The number of hydrogen-bond donors (Lipinski definition) is 0. The maximum absolute atomic E-state index is 4.32. The first-order chi connectivity index (χ1) is 7.84. The first-order valence-corrected chi connectivity index (χ1v) is 7.70. The normalized spacial score (nSPS) is 10.6. The zero-order valence-electron chi connectivity index (χ0n) is 8.92. The van der Waals surface area contributed by atoms with Gasteiger partial charge in [-0.15, -0.1) is 11.8 Å². The maximum Gasteiger partial charge on any atom is 0.170 e. The summed E-state index contributed by atoms with van der Waals surface area (Å²) in [7, 11) is 0. The molecule has 84 valence electrons. The van der Waals surface area contributed by atoms with Crippen LogP contribution in [0.4, 0.5) is 0 Å². The second-order valence-electron chi connectivity index (χ2n) is 3.12. The molecule has 0 bridgehead atoms. The summed E-state index contributed by atoms with van der Waals surface area (Å²) in [6, 6.07) is 10.5. The first-order valence-electron chi connectivity index (χ1n) is 4.95. The molecule has 1 aromatic carbocycles. The summed E-state index contributed by atoms with van der Waals surface area (Å²) in [5, 5.41) is 0. The zero-order chi connectivity index (χ0) is 11.2. The number of thioether (sulfide) groups is 2. The molecule has 0 fully saturated rings. The van der Waals surface area contributed by atoms with E-state index < -0.39 is 0 Å². The Balaban J connectivity index is 1.69. The third kappa shape index (κ3) is 3.81. The van der Waals surface area contributed by atoms with Gasteiger partial charge >= 0.3 is 0 Å². The molecule has 0 saturated heterocycles. The molecule has 2 nitrogen and oxygen atoms in total. The van der Waals surface area contributed by atoms with Crippen molar-refractivity contribution in [3.05, 3.63) is 36.2 Å². The van der Waals surface area contributed by atoms with Gasteiger partial charge in [-0.1, -0.05) is 30.0 Å². The van der Waals surface area contributed by atoms with E-state index in [1.54, 1.807) is 11.8 Å². The Hall–Kier alpha value is -0.520. The standard InChI is InChI=1S/C11H12N2S3/c1-9-12-11(16-13-9)15-8-7-14-10-5-3-2-4-6-10/h2-6H,7-8H2,1H3. The van der Waals surface area contributed by atoms with Crippen molar-refractivity contribution in [2.24, 2.45) is 0 Å². The van der Waals surface area contributed by atoms with Gasteiger partial charge in [0.15, 0.2) is 4.34 Å². The molecule has 0 aliphatic rings. The van der Waals surface area contributed by atoms with Crippen LogP contribution >= 0.6 is 35.1 Å². The quantitative estimate of drug-likeness (QED) is 0.609. The Bertz CT molecular complexity index is 428. The minimum absolute atomic E-state index is 0.878. The van der Waals surface area contributed by atoms with E-state index in [4.69, 9.17) is 0 Å². The lowest BCUT2D eigenvalue weighted by molar-refractivity contribution is 1.10. The van der Waals surface area contributed by atoms with Gasteiger partial charge in [0, 0.05) is 16.4 Å². The van der Waals surface area contributed by atoms with E-state index in [2.05, 4.69) is 33.6 Å². The highest BCUT2D eigenvalue weighted by Gasteiger charge is 2.00. The number of nitrogens with zero attached hydrogens (tertiary/aromatic N) is 2. The van der Waals surface area contributed by atoms with Crippen LogP contribution in [0.3, 0.4) is 0 Å². The van der Waals surface area contributed by atoms with Gasteiger partial charge in [-0.25, -0.2) is 4.98 Å². The van der Waals surface area contributed by atoms with Crippen molar-refractivity contribution in [3.63, 3.8) is 0 Å². The summed E-state index contributed by atoms with van der Waals surface area (Å²) < 4.78 is 5.23. The molecule has 1 aromatic heterocycles. The Labute approximate surface area is 108 Å². The van der Waals surface area contributed by atoms with E-state index in [1.807, 2.05) is 24.8 Å². The summed E-state index contributed by atoms with van der Waals surface area (Å²) in [4.78, 5) is 5.65. The maximum atomic E-state index is 4.32. The molecule has 16 heavy (non-hydrogen) atoms. The van der Waals surface area contributed by atoms with Crippen molar-refractivity contribution in [2.45, 2.75) is 16.2 Å². The Morgan fingerprint density at radius 3 is 2.56 bits per heavy atom. The topological polar surface area (TPSA) is 25.8 Å². The highest BCUT2D eigenvalue weighted by molar-refractivity contribution is 8.03. The zero-order valence-corrected chi connectivity index (χ0v) is 11.4. The molecule has 0 atom stereocenters. The van der Waals surface area contributed by atoms with E-state index in [9.17, 15) is 0 Å². The minimum Gasteiger partial charge on any atom is -0.213 e. The van der Waals surface area contributed by atoms with E-state index in [-0.39, 0.29) is 0 Å². The molecule has 0 N–H and O–H groups in total. The molecule has 0 saturated carbocycles. The van der Waals surface area contributed by atoms with Crippen molar-refractivity contribution in [2.75, 3.05) is 11.5 Å². The predicted octanol–water partition coefficient (Wildman–Crippen LogP) is 3.73. The molecule has 0 aliphatic heterocycles. The lowest BCUT2D eigenvalue weighted by Crippen LogP contribution is -1.83. The van der Waals surface area contributed by atoms with E-state index in [0.29, 0.717) is 0 Å². The SMILES string of the molecule is Cc1nsc(SCCSc2ccccc2)n1. The van der Waals surface area contributed by atoms with Gasteiger partial charge in [-0.05, 0) is 30.6 Å². The fourth-order valence-electron chi connectivity index (χ4n) is 1.14. The van der Waals surface area contributed by atoms with Crippen molar-refractivity contribution < 1.29 is 0 Å². The predicted molar refractivity (Wildman–Crippen MR) is 72.5 cm³/mol. The summed E-state index contributed by atoms with van der Waals surface area (Å²) in [5.74, 6) is 3.06. The van der Waals surface area contributed by atoms with E-state index in [0.717, 1.165) is 21.7 Å². The summed E-state index contributed by atoms with van der Waals surface area (Å²) >= 11 is 5.16. The number of benzene rings is 1. The van der Waals surface area contributed by atoms with Crippen LogP contribution in [-0.4, -0.2) is 20.9 Å². The molecule has 2 aromatic rings. The number of rotatable bonds is 5. The van der Waals surface area contributed by atoms with Crippen LogP contribution in [0, 0.1) is 6.92 Å². The van der Waals surface area contributed by atoms with Crippen molar-refractivity contribution in [3.8, 4) is 0 Å². The molecule has 0 spiro atoms. The largest absolute Gasteiger partial charge is 0.213 e. The minimum atomic E-state index is 0.878. The van der Waals surface area contributed by atoms with Gasteiger partial charge in [0.2, 0.25) is 0 Å². The Morgan fingerprint density at radius 2 is 1.88 bits per heavy atom. The lowest BCUT2D eigenvalue weighted by Gasteiger charge is -1.99. The smallest absolute Gasteiger partial charge is 0.170 e. The van der Waals surface area contributed by atoms with Gasteiger partial charge in [0.25, 0.3) is 0 Å². The second kappa shape index (κ2) is 6.27. The summed E-state index contributed by atoms with van der Waals surface area (Å²) in [6.45, 7) is 1.93. The highest BCUT2D eigenvalue weighted by Crippen LogP contribution is 2.23. The van der Waals surface area contributed by atoms with Gasteiger partial charge in [-0.3, -0.25) is 0 Å². The third-order valence-corrected chi connectivity index (χ3v) is 5.03. The van der Waals surface area contributed by atoms with E-state index >= 15 is 0 Å². The number of aromatic nitrogens is 2. The van der Waals surface area contributed by atoms with Crippen molar-refractivity contribution in [1.82, 2.24) is 9.36 Å². The molecular weight excluding hydrogens is 256 g/mol. The van der Waals surface area contributed by atoms with Crippen molar-refractivity contribution in [1.29, 1.82) is 0 Å². The molecule has 5 heteroatoms. The highest BCUT2D eigenvalue weighted by atomic mass is 32.2. The Morgan fingerprint density at radius 1 is 1.12 bits per heavy atom. The van der Waals surface area contributed by atoms with Crippen LogP contribution in [0.1, 0.15) is 5.82 Å². The van der Waals surface area contributed by atoms with Gasteiger partial charge in [0.05, 0.1) is 0 Å². The summed E-state index contributed by atoms with van der Waals surface area (Å²) in [5.41, 5.74) is 0. The second-order valence-corrected chi connectivity index (χ2v) is 6.38. The number of aryl methyl sites for hydroxylation is 1. The molecule has 1 heterocycles. The lowest BCUT2D eigenvalue weighted by atomic mass is 10.4. The van der Waals surface area contributed by atoms with Crippen LogP contribution in [0.25, 0.3) is 0 Å². The van der Waals surface area contributed by atoms with Gasteiger partial charge < -0.3 is 0 Å². The molecule has 0 amide bonds. The van der Waals surface area contributed by atoms with Crippen LogP contribution in [-0.2, 0) is 0 Å². The molecule has 2 rings (SSSR count). The fraction of sp³-hybridized carbons (Fsp3) is 0.273. The molecule has 0 aliphatic carbocycles. The van der Waals surface area contributed by atoms with Crippen LogP contribution in [0.15, 0.2) is 39.6 Å². The van der Waals surface area contributed by atoms with Crippen LogP contribution in [0.2, 0.25) is 0 Å². The third-order valence-electron chi connectivity index (χ3n) is 1.83. The average molecular weight is 268 g/mol. The van der Waals surface area contributed by atoms with E-state index in [1.165, 1.54) is 16.4 Å². The summed E-state index contributed by atoms with van der Waals surface area (Å²) in [6.07, 6.45) is 0. The van der Waals surface area contributed by atoms with Gasteiger partial charge in [0.1, 0.15) is 5.82 Å². The molecule has 0 unspecified atom stereocenters. The molecule has 0 radical (unpaired) electrons. The Kier molecular flexibility index (Phi) is 4.69. The molecular formula is C11H12N2S3. The first kappa shape index (κ1) is 12.0. The van der Waals surface area contributed by atoms with Crippen LogP contribution < -0.4 is 0 Å². The fourth-order valence-corrected chi connectivity index (χ4v) is 3.76. The van der Waals surface area contributed by atoms with Gasteiger partial charge in [-0.2, -0.15) is 4.37 Å². The van der Waals surface area contributed by atoms with Crippen molar-refractivity contribution >= 4 is 35.1 Å².